The Kier molecular flexibility index (Phi) is 4.04. The van der Waals surface area contributed by atoms with Crippen LogP contribution in [-0.2, 0) is 0 Å². The van der Waals surface area contributed by atoms with Gasteiger partial charge in [0.2, 0.25) is 0 Å². The highest BCUT2D eigenvalue weighted by Gasteiger charge is 2.31. The molecule has 0 atom stereocenters. The summed E-state index contributed by atoms with van der Waals surface area (Å²) in [5.74, 6) is -1.59. The maximum atomic E-state index is 12.0. The molecule has 4 nitrogen and oxygen atoms in total. The molecule has 0 radical (unpaired) electrons. The van der Waals surface area contributed by atoms with Crippen LogP contribution in [0.25, 0.3) is 11.1 Å². The Labute approximate surface area is 121 Å². The molecule has 0 aliphatic carbocycles. The number of rotatable bonds is 3. The maximum Gasteiger partial charge on any atom is 0.573 e. The van der Waals surface area contributed by atoms with Crippen LogP contribution in [0.15, 0.2) is 36.4 Å². The van der Waals surface area contributed by atoms with Gasteiger partial charge in [0.15, 0.2) is 0 Å². The summed E-state index contributed by atoms with van der Waals surface area (Å²) in [4.78, 5) is 14.4. The first-order valence-electron chi connectivity index (χ1n) is 5.52. The third kappa shape index (κ3) is 3.85. The van der Waals surface area contributed by atoms with E-state index in [-0.39, 0.29) is 16.6 Å². The van der Waals surface area contributed by atoms with Gasteiger partial charge >= 0.3 is 12.3 Å². The molecule has 0 spiro atoms. The van der Waals surface area contributed by atoms with Crippen LogP contribution in [0.1, 0.15) is 10.5 Å². The molecule has 21 heavy (non-hydrogen) atoms. The molecule has 0 amide bonds. The van der Waals surface area contributed by atoms with Crippen molar-refractivity contribution in [3.8, 4) is 16.9 Å². The molecule has 0 saturated carbocycles. The number of aromatic carboxylic acids is 1. The van der Waals surface area contributed by atoms with Gasteiger partial charge in [-0.05, 0) is 29.8 Å². The molecule has 0 saturated heterocycles. The predicted molar refractivity (Wildman–Crippen MR) is 68.3 cm³/mol. The van der Waals surface area contributed by atoms with E-state index in [2.05, 4.69) is 9.72 Å². The van der Waals surface area contributed by atoms with E-state index >= 15 is 0 Å². The number of alkyl halides is 3. The van der Waals surface area contributed by atoms with Gasteiger partial charge in [-0.3, -0.25) is 0 Å². The maximum absolute atomic E-state index is 12.0. The Hall–Kier alpha value is -2.28. The minimum Gasteiger partial charge on any atom is -0.477 e. The number of aromatic nitrogens is 1. The van der Waals surface area contributed by atoms with Crippen LogP contribution < -0.4 is 4.74 Å². The van der Waals surface area contributed by atoms with Crippen LogP contribution in [0.2, 0.25) is 5.15 Å². The van der Waals surface area contributed by atoms with Crippen molar-refractivity contribution >= 4 is 17.6 Å². The number of benzene rings is 1. The minimum absolute atomic E-state index is 0.0561. The second-order valence-corrected chi connectivity index (χ2v) is 4.27. The van der Waals surface area contributed by atoms with Crippen molar-refractivity contribution in [1.29, 1.82) is 0 Å². The van der Waals surface area contributed by atoms with Crippen molar-refractivity contribution in [3.05, 3.63) is 47.2 Å². The number of nitrogens with zero attached hydrogens (tertiary/aromatic N) is 1. The van der Waals surface area contributed by atoms with Gasteiger partial charge in [0.1, 0.15) is 16.6 Å². The van der Waals surface area contributed by atoms with Crippen LogP contribution in [0.3, 0.4) is 0 Å². The van der Waals surface area contributed by atoms with E-state index in [9.17, 15) is 18.0 Å². The molecule has 0 fully saturated rings. The Morgan fingerprint density at radius 3 is 2.24 bits per heavy atom. The number of ether oxygens (including phenoxy) is 1. The molecule has 0 unspecified atom stereocenters. The van der Waals surface area contributed by atoms with Gasteiger partial charge < -0.3 is 9.84 Å². The van der Waals surface area contributed by atoms with E-state index in [1.54, 1.807) is 0 Å². The van der Waals surface area contributed by atoms with Gasteiger partial charge in [0.05, 0.1) is 0 Å². The first-order valence-corrected chi connectivity index (χ1v) is 5.90. The highest BCUT2D eigenvalue weighted by molar-refractivity contribution is 6.32. The van der Waals surface area contributed by atoms with E-state index < -0.39 is 12.3 Å². The van der Waals surface area contributed by atoms with Gasteiger partial charge in [-0.15, -0.1) is 13.2 Å². The van der Waals surface area contributed by atoms with Crippen molar-refractivity contribution in [2.45, 2.75) is 6.36 Å². The standard InChI is InChI=1S/C13H7ClF3NO3/c14-11-9(5-6-10(18-11)12(19)20)7-1-3-8(4-2-7)21-13(15,16)17/h1-6H,(H,19,20). The zero-order valence-electron chi connectivity index (χ0n) is 10.2. The highest BCUT2D eigenvalue weighted by atomic mass is 35.5. The summed E-state index contributed by atoms with van der Waals surface area (Å²) in [6.07, 6.45) is -4.76. The van der Waals surface area contributed by atoms with E-state index in [1.165, 1.54) is 24.3 Å². The lowest BCUT2D eigenvalue weighted by atomic mass is 10.1. The Morgan fingerprint density at radius 1 is 1.14 bits per heavy atom. The second kappa shape index (κ2) is 5.61. The normalized spacial score (nSPS) is 11.2. The number of pyridine rings is 1. The van der Waals surface area contributed by atoms with Crippen LogP contribution in [0.5, 0.6) is 5.75 Å². The Bertz CT molecular complexity index is 671. The SMILES string of the molecule is O=C(O)c1ccc(-c2ccc(OC(F)(F)F)cc2)c(Cl)n1. The molecule has 1 aromatic carbocycles. The highest BCUT2D eigenvalue weighted by Crippen LogP contribution is 2.29. The Morgan fingerprint density at radius 2 is 1.76 bits per heavy atom. The molecule has 1 N–H and O–H groups in total. The lowest BCUT2D eigenvalue weighted by Gasteiger charge is -2.10. The molecule has 0 aliphatic heterocycles. The largest absolute Gasteiger partial charge is 0.573 e. The minimum atomic E-state index is -4.76. The lowest BCUT2D eigenvalue weighted by Crippen LogP contribution is -2.16. The molecule has 0 aliphatic rings. The fourth-order valence-corrected chi connectivity index (χ4v) is 1.87. The fraction of sp³-hybridized carbons (Fsp3) is 0.0769. The van der Waals surface area contributed by atoms with Gasteiger partial charge in [-0.2, -0.15) is 0 Å². The molecule has 110 valence electrons. The summed E-state index contributed by atoms with van der Waals surface area (Å²) in [6.45, 7) is 0. The number of carboxylic acids is 1. The molecular formula is C13H7ClF3NO3. The van der Waals surface area contributed by atoms with Crippen molar-refractivity contribution in [2.24, 2.45) is 0 Å². The lowest BCUT2D eigenvalue weighted by molar-refractivity contribution is -0.274. The van der Waals surface area contributed by atoms with Crippen molar-refractivity contribution in [1.82, 2.24) is 4.98 Å². The van der Waals surface area contributed by atoms with E-state index in [1.807, 2.05) is 0 Å². The average Bonchev–Trinajstić information content (AvgIpc) is 2.38. The molecular weight excluding hydrogens is 311 g/mol. The summed E-state index contributed by atoms with van der Waals surface area (Å²) in [5.41, 5.74) is 0.667. The molecule has 0 bridgehead atoms. The second-order valence-electron chi connectivity index (χ2n) is 3.91. The molecule has 1 aromatic heterocycles. The number of carbonyl (C=O) groups is 1. The van der Waals surface area contributed by atoms with Gasteiger partial charge in [0, 0.05) is 5.56 Å². The van der Waals surface area contributed by atoms with Crippen LogP contribution in [-0.4, -0.2) is 22.4 Å². The summed E-state index contributed by atoms with van der Waals surface area (Å²) in [7, 11) is 0. The van der Waals surface area contributed by atoms with Crippen molar-refractivity contribution < 1.29 is 27.8 Å². The monoisotopic (exact) mass is 317 g/mol. The zero-order chi connectivity index (χ0) is 15.6. The number of halogens is 4. The summed E-state index contributed by atoms with van der Waals surface area (Å²) < 4.78 is 39.9. The third-order valence-electron chi connectivity index (χ3n) is 2.47. The number of carboxylic acid groups (broad SMARTS) is 1. The van der Waals surface area contributed by atoms with Gasteiger partial charge in [0.25, 0.3) is 0 Å². The molecule has 2 rings (SSSR count). The van der Waals surface area contributed by atoms with Crippen molar-refractivity contribution in [3.63, 3.8) is 0 Å². The molecule has 2 aromatic rings. The van der Waals surface area contributed by atoms with Gasteiger partial charge in [-0.25, -0.2) is 9.78 Å². The van der Waals surface area contributed by atoms with E-state index in [4.69, 9.17) is 16.7 Å². The summed E-state index contributed by atoms with van der Waals surface area (Å²) in [6, 6.07) is 7.67. The molecule has 1 heterocycles. The first kappa shape index (κ1) is 15.1. The molecule has 8 heteroatoms. The topological polar surface area (TPSA) is 59.4 Å². The predicted octanol–water partition coefficient (Wildman–Crippen LogP) is 4.00. The van der Waals surface area contributed by atoms with Crippen LogP contribution in [0.4, 0.5) is 13.2 Å². The Balaban J connectivity index is 2.29. The summed E-state index contributed by atoms with van der Waals surface area (Å²) >= 11 is 5.87. The first-order chi connectivity index (χ1) is 9.76. The third-order valence-corrected chi connectivity index (χ3v) is 2.75. The number of hydrogen-bond donors (Lipinski definition) is 1. The van der Waals surface area contributed by atoms with Crippen LogP contribution >= 0.6 is 11.6 Å². The fourth-order valence-electron chi connectivity index (χ4n) is 1.60. The average molecular weight is 318 g/mol. The van der Waals surface area contributed by atoms with E-state index in [0.29, 0.717) is 11.1 Å². The van der Waals surface area contributed by atoms with E-state index in [0.717, 1.165) is 12.1 Å². The van der Waals surface area contributed by atoms with Crippen molar-refractivity contribution in [2.75, 3.05) is 0 Å². The zero-order valence-corrected chi connectivity index (χ0v) is 10.9. The quantitative estimate of drug-likeness (QED) is 0.869. The smallest absolute Gasteiger partial charge is 0.477 e. The summed E-state index contributed by atoms with van der Waals surface area (Å²) in [5, 5.41) is 8.71. The van der Waals surface area contributed by atoms with Gasteiger partial charge in [-0.1, -0.05) is 23.7 Å². The van der Waals surface area contributed by atoms with Crippen LogP contribution in [0, 0.1) is 0 Å². The number of hydrogen-bond acceptors (Lipinski definition) is 3.